The molecule has 33 heavy (non-hydrogen) atoms. The van der Waals surface area contributed by atoms with Gasteiger partial charge in [-0.05, 0) is 49.6 Å². The molecule has 1 unspecified atom stereocenters. The van der Waals surface area contributed by atoms with Crippen LogP contribution in [0.5, 0.6) is 0 Å². The lowest BCUT2D eigenvalue weighted by molar-refractivity contribution is -0.117. The lowest BCUT2D eigenvalue weighted by atomic mass is 9.96. The number of aryl methyl sites for hydroxylation is 1. The molecule has 0 bridgehead atoms. The Kier molecular flexibility index (Phi) is 5.58. The predicted octanol–water partition coefficient (Wildman–Crippen LogP) is 3.43. The van der Waals surface area contributed by atoms with Crippen LogP contribution in [0, 0.1) is 12.7 Å². The molecular formula is C25H24FN5O2. The number of benzene rings is 1. The van der Waals surface area contributed by atoms with E-state index >= 15 is 0 Å². The molecule has 3 aromatic rings. The van der Waals surface area contributed by atoms with Gasteiger partial charge < -0.3 is 4.90 Å². The van der Waals surface area contributed by atoms with E-state index in [0.717, 1.165) is 24.1 Å². The van der Waals surface area contributed by atoms with Crippen molar-refractivity contribution in [2.45, 2.75) is 38.6 Å². The van der Waals surface area contributed by atoms with Crippen molar-refractivity contribution in [1.82, 2.24) is 19.9 Å². The quantitative estimate of drug-likeness (QED) is 0.615. The van der Waals surface area contributed by atoms with Gasteiger partial charge in [0.15, 0.2) is 0 Å². The standard InChI is InChI=1S/C25H24FN5O2/c1-16-20-13-22(32)31(14-17-6-4-8-19(26)12-17)24(20)29-23(28-16)18-7-5-11-30(15-18)25(33)21-9-2-3-10-27-21/h2-4,6,8-10,12,18H,5,7,11,13-15H2,1H3. The molecule has 0 radical (unpaired) electrons. The van der Waals surface area contributed by atoms with Crippen LogP contribution in [0.4, 0.5) is 10.2 Å². The van der Waals surface area contributed by atoms with Crippen molar-refractivity contribution >= 4 is 17.6 Å². The molecule has 1 aromatic carbocycles. The Morgan fingerprint density at radius 2 is 2.06 bits per heavy atom. The number of likely N-dealkylation sites (tertiary alicyclic amines) is 1. The van der Waals surface area contributed by atoms with Crippen molar-refractivity contribution < 1.29 is 14.0 Å². The third kappa shape index (κ3) is 4.20. The van der Waals surface area contributed by atoms with Gasteiger partial charge in [-0.25, -0.2) is 14.4 Å². The summed E-state index contributed by atoms with van der Waals surface area (Å²) in [5.74, 6) is 0.713. The highest BCUT2D eigenvalue weighted by Crippen LogP contribution is 2.33. The first-order chi connectivity index (χ1) is 16.0. The topological polar surface area (TPSA) is 79.3 Å². The third-order valence-corrected chi connectivity index (χ3v) is 6.28. The fourth-order valence-corrected chi connectivity index (χ4v) is 4.58. The number of halogens is 1. The Labute approximate surface area is 191 Å². The zero-order valence-corrected chi connectivity index (χ0v) is 18.4. The molecule has 0 N–H and O–H groups in total. The van der Waals surface area contributed by atoms with Gasteiger partial charge in [0, 0.05) is 36.5 Å². The summed E-state index contributed by atoms with van der Waals surface area (Å²) < 4.78 is 13.7. The Bertz CT molecular complexity index is 1220. The smallest absolute Gasteiger partial charge is 0.272 e. The molecule has 2 aliphatic rings. The molecule has 1 saturated heterocycles. The summed E-state index contributed by atoms with van der Waals surface area (Å²) in [6.07, 6.45) is 3.56. The molecule has 7 nitrogen and oxygen atoms in total. The van der Waals surface area contributed by atoms with Crippen LogP contribution in [0.1, 0.15) is 51.9 Å². The van der Waals surface area contributed by atoms with Crippen molar-refractivity contribution in [2.75, 3.05) is 18.0 Å². The van der Waals surface area contributed by atoms with Crippen molar-refractivity contribution in [3.63, 3.8) is 0 Å². The van der Waals surface area contributed by atoms with E-state index in [1.807, 2.05) is 6.92 Å². The highest BCUT2D eigenvalue weighted by Gasteiger charge is 2.34. The van der Waals surface area contributed by atoms with Crippen LogP contribution < -0.4 is 4.90 Å². The fraction of sp³-hybridized carbons (Fsp3) is 0.320. The van der Waals surface area contributed by atoms with E-state index < -0.39 is 0 Å². The number of piperidine rings is 1. The van der Waals surface area contributed by atoms with Gasteiger partial charge in [-0.2, -0.15) is 0 Å². The van der Waals surface area contributed by atoms with Gasteiger partial charge in [0.2, 0.25) is 5.91 Å². The largest absolute Gasteiger partial charge is 0.337 e. The average molecular weight is 445 g/mol. The van der Waals surface area contributed by atoms with Gasteiger partial charge in [0.05, 0.1) is 13.0 Å². The Morgan fingerprint density at radius 1 is 1.18 bits per heavy atom. The number of hydrogen-bond donors (Lipinski definition) is 0. The second-order valence-corrected chi connectivity index (χ2v) is 8.56. The first kappa shape index (κ1) is 21.2. The molecule has 168 valence electrons. The van der Waals surface area contributed by atoms with E-state index in [4.69, 9.17) is 9.97 Å². The summed E-state index contributed by atoms with van der Waals surface area (Å²) >= 11 is 0. The van der Waals surface area contributed by atoms with Crippen LogP contribution in [0.2, 0.25) is 0 Å². The maximum absolute atomic E-state index is 13.7. The summed E-state index contributed by atoms with van der Waals surface area (Å²) in [5, 5.41) is 0. The zero-order valence-electron chi connectivity index (χ0n) is 18.4. The number of fused-ring (bicyclic) bond motifs is 1. The molecule has 4 heterocycles. The second-order valence-electron chi connectivity index (χ2n) is 8.56. The molecule has 1 atom stereocenters. The molecule has 8 heteroatoms. The molecule has 0 spiro atoms. The molecule has 2 amide bonds. The van der Waals surface area contributed by atoms with E-state index in [0.29, 0.717) is 36.0 Å². The second kappa shape index (κ2) is 8.69. The molecule has 2 aromatic heterocycles. The molecule has 1 fully saturated rings. The normalized spacial score (nSPS) is 17.9. The van der Waals surface area contributed by atoms with Crippen LogP contribution in [-0.2, 0) is 17.8 Å². The summed E-state index contributed by atoms with van der Waals surface area (Å²) in [4.78, 5) is 42.8. The highest BCUT2D eigenvalue weighted by molar-refractivity contribution is 6.00. The average Bonchev–Trinajstić information content (AvgIpc) is 3.15. The number of rotatable bonds is 4. The van der Waals surface area contributed by atoms with E-state index in [9.17, 15) is 14.0 Å². The number of carbonyl (C=O) groups excluding carboxylic acids is 2. The highest BCUT2D eigenvalue weighted by atomic mass is 19.1. The molecule has 0 aliphatic carbocycles. The Morgan fingerprint density at radius 3 is 2.85 bits per heavy atom. The van der Waals surface area contributed by atoms with Crippen LogP contribution in [0.25, 0.3) is 0 Å². The maximum Gasteiger partial charge on any atom is 0.272 e. The van der Waals surface area contributed by atoms with Gasteiger partial charge in [-0.15, -0.1) is 0 Å². The van der Waals surface area contributed by atoms with Gasteiger partial charge >= 0.3 is 0 Å². The Hall–Kier alpha value is -3.68. The number of pyridine rings is 1. The minimum Gasteiger partial charge on any atom is -0.337 e. The van der Waals surface area contributed by atoms with Crippen molar-refractivity contribution in [3.8, 4) is 0 Å². The van der Waals surface area contributed by atoms with E-state index in [-0.39, 0.29) is 36.5 Å². The minimum atomic E-state index is -0.334. The number of nitrogens with zero attached hydrogens (tertiary/aromatic N) is 5. The first-order valence-corrected chi connectivity index (χ1v) is 11.1. The number of carbonyl (C=O) groups is 2. The van der Waals surface area contributed by atoms with E-state index in [1.165, 1.54) is 12.1 Å². The summed E-state index contributed by atoms with van der Waals surface area (Å²) in [6.45, 7) is 3.32. The lowest BCUT2D eigenvalue weighted by Crippen LogP contribution is -2.40. The predicted molar refractivity (Wildman–Crippen MR) is 120 cm³/mol. The lowest BCUT2D eigenvalue weighted by Gasteiger charge is -2.32. The summed E-state index contributed by atoms with van der Waals surface area (Å²) in [5.41, 5.74) is 2.73. The first-order valence-electron chi connectivity index (χ1n) is 11.1. The number of aromatic nitrogens is 3. The van der Waals surface area contributed by atoms with E-state index in [1.54, 1.807) is 46.3 Å². The fourth-order valence-electron chi connectivity index (χ4n) is 4.58. The van der Waals surface area contributed by atoms with Gasteiger partial charge in [0.25, 0.3) is 5.91 Å². The zero-order chi connectivity index (χ0) is 22.9. The van der Waals surface area contributed by atoms with Crippen LogP contribution in [0.15, 0.2) is 48.7 Å². The number of anilines is 1. The monoisotopic (exact) mass is 445 g/mol. The summed E-state index contributed by atoms with van der Waals surface area (Å²) in [7, 11) is 0. The molecule has 0 saturated carbocycles. The van der Waals surface area contributed by atoms with Crippen LogP contribution in [-0.4, -0.2) is 44.8 Å². The van der Waals surface area contributed by atoms with Crippen LogP contribution >= 0.6 is 0 Å². The van der Waals surface area contributed by atoms with Gasteiger partial charge in [-0.1, -0.05) is 18.2 Å². The van der Waals surface area contributed by atoms with Crippen LogP contribution in [0.3, 0.4) is 0 Å². The molecular weight excluding hydrogens is 421 g/mol. The molecule has 2 aliphatic heterocycles. The number of amides is 2. The van der Waals surface area contributed by atoms with Gasteiger partial charge in [-0.3, -0.25) is 19.5 Å². The third-order valence-electron chi connectivity index (χ3n) is 6.28. The molecule has 5 rings (SSSR count). The van der Waals surface area contributed by atoms with Crippen molar-refractivity contribution in [2.24, 2.45) is 0 Å². The maximum atomic E-state index is 13.7. The SMILES string of the molecule is Cc1nc(C2CCCN(C(=O)c3ccccn3)C2)nc2c1CC(=O)N2Cc1cccc(F)c1. The summed E-state index contributed by atoms with van der Waals surface area (Å²) in [6, 6.07) is 11.6. The number of hydrogen-bond acceptors (Lipinski definition) is 5. The minimum absolute atomic E-state index is 0.0258. The Balaban J connectivity index is 1.41. The van der Waals surface area contributed by atoms with Crippen molar-refractivity contribution in [3.05, 3.63) is 82.8 Å². The van der Waals surface area contributed by atoms with Gasteiger partial charge in [0.1, 0.15) is 23.2 Å². The van der Waals surface area contributed by atoms with E-state index in [2.05, 4.69) is 4.98 Å². The van der Waals surface area contributed by atoms with Crippen molar-refractivity contribution in [1.29, 1.82) is 0 Å².